The molecule has 17 nitrogen and oxygen atoms in total. The van der Waals surface area contributed by atoms with Gasteiger partial charge in [0, 0.05) is 66.5 Å². The molecule has 4 bridgehead atoms. The summed E-state index contributed by atoms with van der Waals surface area (Å²) in [7, 11) is 0. The molecule has 3 aromatic heterocycles. The van der Waals surface area contributed by atoms with Crippen molar-refractivity contribution in [2.45, 2.75) is 148 Å². The SMILES string of the molecule is C=C1CCC(N2C(=O)c3cccc(NCCCCCCCCCCCCNC(=O)C45CC6CC(CC(Cn7ncc(-c8ccc(N9CCc%10cccc(C(=O)Nc%11nc%12ccccc%12s%11)c%10C9)nc8C(=O)O)c7C)(C6)C4)C5)c3C2=O)C(=O)N1. The van der Waals surface area contributed by atoms with Crippen molar-refractivity contribution >= 4 is 73.7 Å². The first-order valence-corrected chi connectivity index (χ1v) is 30.9. The van der Waals surface area contributed by atoms with E-state index in [4.69, 9.17) is 10.1 Å². The number of nitrogens with zero attached hydrogens (tertiary/aromatic N) is 6. The first-order valence-electron chi connectivity index (χ1n) is 30.1. The van der Waals surface area contributed by atoms with Gasteiger partial charge in [0.1, 0.15) is 11.9 Å². The number of unbranched alkanes of at least 4 members (excludes halogenated alkanes) is 9. The van der Waals surface area contributed by atoms with Gasteiger partial charge in [-0.25, -0.2) is 14.8 Å². The van der Waals surface area contributed by atoms with Gasteiger partial charge in [0.25, 0.3) is 17.7 Å². The fourth-order valence-electron chi connectivity index (χ4n) is 15.2. The van der Waals surface area contributed by atoms with E-state index < -0.39 is 23.8 Å². The molecular formula is C65H74N10O7S. The molecule has 3 unspecified atom stereocenters. The minimum atomic E-state index is -1.12. The van der Waals surface area contributed by atoms with Crippen LogP contribution >= 0.6 is 11.3 Å². The molecule has 6 aromatic rings. The highest BCUT2D eigenvalue weighted by atomic mass is 32.1. The lowest BCUT2D eigenvalue weighted by atomic mass is 9.44. The van der Waals surface area contributed by atoms with Gasteiger partial charge in [0.2, 0.25) is 11.8 Å². The Balaban J connectivity index is 0.580. The van der Waals surface area contributed by atoms with E-state index in [9.17, 15) is 33.9 Å². The number of rotatable bonds is 23. The molecule has 18 heteroatoms. The fourth-order valence-corrected chi connectivity index (χ4v) is 16.1. The molecule has 5 N–H and O–H groups in total. The monoisotopic (exact) mass is 1140 g/mol. The number of para-hydroxylation sites is 1. The molecule has 432 valence electrons. The van der Waals surface area contributed by atoms with Gasteiger partial charge in [-0.3, -0.25) is 38.9 Å². The van der Waals surface area contributed by atoms with E-state index in [1.807, 2.05) is 72.5 Å². The van der Waals surface area contributed by atoms with Gasteiger partial charge < -0.3 is 26.0 Å². The molecule has 0 radical (unpaired) electrons. The molecule has 6 heterocycles. The Labute approximate surface area is 488 Å². The molecule has 1 saturated heterocycles. The number of carbonyl (C=O) groups is 6. The highest BCUT2D eigenvalue weighted by Gasteiger charge is 2.60. The molecule has 4 saturated carbocycles. The van der Waals surface area contributed by atoms with Crippen LogP contribution in [-0.4, -0.2) is 90.9 Å². The number of thiazole rings is 1. The van der Waals surface area contributed by atoms with Crippen LogP contribution in [0.15, 0.2) is 91.3 Å². The molecule has 3 atom stereocenters. The van der Waals surface area contributed by atoms with Gasteiger partial charge >= 0.3 is 5.97 Å². The first kappa shape index (κ1) is 55.8. The van der Waals surface area contributed by atoms with Gasteiger partial charge in [-0.2, -0.15) is 5.10 Å². The van der Waals surface area contributed by atoms with Crippen LogP contribution < -0.4 is 26.2 Å². The summed E-state index contributed by atoms with van der Waals surface area (Å²) in [5.74, 6) is -0.779. The number of allylic oxidation sites excluding steroid dienone is 1. The molecule has 83 heavy (non-hydrogen) atoms. The Morgan fingerprint density at radius 1 is 0.795 bits per heavy atom. The average molecular weight is 1140 g/mol. The summed E-state index contributed by atoms with van der Waals surface area (Å²) in [4.78, 5) is 92.8. The van der Waals surface area contributed by atoms with Crippen LogP contribution in [0.25, 0.3) is 21.3 Å². The van der Waals surface area contributed by atoms with E-state index in [0.717, 1.165) is 108 Å². The number of pyridine rings is 1. The number of hydrogen-bond donors (Lipinski definition) is 5. The number of nitrogens with one attached hydrogen (secondary N) is 4. The van der Waals surface area contributed by atoms with Crippen molar-refractivity contribution < 1.29 is 33.9 Å². The number of carboxylic acids is 1. The van der Waals surface area contributed by atoms with Crippen LogP contribution in [0.3, 0.4) is 0 Å². The van der Waals surface area contributed by atoms with Gasteiger partial charge in [0.05, 0.1) is 33.0 Å². The number of aromatic nitrogens is 4. The first-order chi connectivity index (χ1) is 40.2. The van der Waals surface area contributed by atoms with E-state index in [2.05, 4.69) is 37.5 Å². The van der Waals surface area contributed by atoms with E-state index in [0.29, 0.717) is 108 Å². The molecule has 7 aliphatic rings. The maximum atomic E-state index is 14.3. The van der Waals surface area contributed by atoms with E-state index in [1.54, 1.807) is 18.3 Å². The zero-order valence-corrected chi connectivity index (χ0v) is 48.2. The topological polar surface area (TPSA) is 221 Å². The Bertz CT molecular complexity index is 3500. The van der Waals surface area contributed by atoms with Gasteiger partial charge in [-0.05, 0) is 148 Å². The summed E-state index contributed by atoms with van der Waals surface area (Å²) in [5.41, 5.74) is 6.98. The summed E-state index contributed by atoms with van der Waals surface area (Å²) < 4.78 is 3.05. The number of carbonyl (C=O) groups excluding carboxylic acids is 5. The highest BCUT2D eigenvalue weighted by molar-refractivity contribution is 7.22. The third-order valence-corrected chi connectivity index (χ3v) is 19.7. The summed E-state index contributed by atoms with van der Waals surface area (Å²) in [5, 5.41) is 28.6. The zero-order chi connectivity index (χ0) is 57.4. The van der Waals surface area contributed by atoms with Crippen LogP contribution in [0.1, 0.15) is 174 Å². The number of amides is 5. The lowest BCUT2D eigenvalue weighted by Gasteiger charge is -2.61. The lowest BCUT2D eigenvalue weighted by molar-refractivity contribution is -0.159. The smallest absolute Gasteiger partial charge is 0.355 e. The Kier molecular flexibility index (Phi) is 15.8. The standard InChI is InChI=1S/C65H74N10O7S/c1-40-23-25-52(58(77)69-40)75-59(78)47-19-16-21-51(55(47)60(75)79)66-28-13-9-7-5-3-4-6-8-10-14-29-67-62(82)65-34-42-31-43(35-65)33-64(32-42,38-65)39-74-41(2)48(36-68-74)45-24-26-54(71-56(45)61(80)81)73-30-27-44-17-15-18-46(49(44)37-73)57(76)72-63-70-50-20-11-12-22-53(50)83-63/h11-12,15-22,24,26,36,42-43,52,66H,1,3-10,13-14,23,25,27-35,37-39H2,2H3,(H,67,82)(H,69,77)(H,80,81)(H,70,72,76). The molecule has 5 fully saturated rings. The number of hydrogen-bond acceptors (Lipinski definition) is 12. The number of anilines is 3. The van der Waals surface area contributed by atoms with Crippen molar-refractivity contribution in [3.05, 3.63) is 130 Å². The third kappa shape index (κ3) is 11.3. The zero-order valence-electron chi connectivity index (χ0n) is 47.4. The van der Waals surface area contributed by atoms with Crippen molar-refractivity contribution in [3.63, 3.8) is 0 Å². The molecule has 0 spiro atoms. The minimum absolute atomic E-state index is 0.0403. The normalized spacial score (nSPS) is 22.4. The van der Waals surface area contributed by atoms with Crippen LogP contribution in [-0.2, 0) is 29.1 Å². The van der Waals surface area contributed by atoms with Crippen molar-refractivity contribution in [2.75, 3.05) is 35.2 Å². The van der Waals surface area contributed by atoms with Crippen molar-refractivity contribution in [1.82, 2.24) is 35.3 Å². The van der Waals surface area contributed by atoms with Gasteiger partial charge in [0.15, 0.2) is 10.8 Å². The lowest BCUT2D eigenvalue weighted by Crippen LogP contribution is -2.58. The van der Waals surface area contributed by atoms with Crippen LogP contribution in [0, 0.1) is 29.6 Å². The predicted molar refractivity (Wildman–Crippen MR) is 320 cm³/mol. The number of benzene rings is 3. The van der Waals surface area contributed by atoms with Crippen molar-refractivity contribution in [3.8, 4) is 11.1 Å². The number of aromatic carboxylic acids is 1. The molecule has 5 amide bonds. The number of imide groups is 1. The summed E-state index contributed by atoms with van der Waals surface area (Å²) in [6.45, 7) is 8.93. The second-order valence-electron chi connectivity index (χ2n) is 24.5. The molecule has 4 aliphatic carbocycles. The van der Waals surface area contributed by atoms with Gasteiger partial charge in [-0.1, -0.05) is 99.6 Å². The van der Waals surface area contributed by atoms with Gasteiger partial charge in [-0.15, -0.1) is 0 Å². The summed E-state index contributed by atoms with van der Waals surface area (Å²) in [6.07, 6.45) is 20.6. The van der Waals surface area contributed by atoms with Crippen molar-refractivity contribution in [1.29, 1.82) is 0 Å². The van der Waals surface area contributed by atoms with E-state index in [-0.39, 0.29) is 34.2 Å². The van der Waals surface area contributed by atoms with Crippen LogP contribution in [0.2, 0.25) is 0 Å². The number of piperidine rings is 1. The second-order valence-corrected chi connectivity index (χ2v) is 25.6. The minimum Gasteiger partial charge on any atom is -0.476 e. The van der Waals surface area contributed by atoms with Crippen molar-refractivity contribution in [2.24, 2.45) is 22.7 Å². The maximum absolute atomic E-state index is 14.3. The Hall–Kier alpha value is -7.73. The third-order valence-electron chi connectivity index (χ3n) is 18.8. The fraction of sp³-hybridized carbons (Fsp3) is 0.462. The van der Waals surface area contributed by atoms with E-state index in [1.165, 1.54) is 43.4 Å². The maximum Gasteiger partial charge on any atom is 0.355 e. The highest BCUT2D eigenvalue weighted by Crippen LogP contribution is 2.66. The Morgan fingerprint density at radius 2 is 1.53 bits per heavy atom. The number of carboxylic acid groups (broad SMARTS) is 1. The summed E-state index contributed by atoms with van der Waals surface area (Å²) >= 11 is 1.43. The second kappa shape index (κ2) is 23.5. The molecule has 3 aromatic carbocycles. The quantitative estimate of drug-likeness (QED) is 0.0299. The predicted octanol–water partition coefficient (Wildman–Crippen LogP) is 11.5. The largest absolute Gasteiger partial charge is 0.476 e. The molecule has 13 rings (SSSR count). The molecule has 3 aliphatic heterocycles. The van der Waals surface area contributed by atoms with E-state index >= 15 is 0 Å². The number of fused-ring (bicyclic) bond motifs is 3. The summed E-state index contributed by atoms with van der Waals surface area (Å²) in [6, 6.07) is 21.7. The molecular weight excluding hydrogens is 1060 g/mol. The van der Waals surface area contributed by atoms with Crippen LogP contribution in [0.4, 0.5) is 16.6 Å². The Morgan fingerprint density at radius 3 is 2.28 bits per heavy atom. The average Bonchev–Trinajstić information content (AvgIpc) is 4.33. The van der Waals surface area contributed by atoms with Crippen LogP contribution in [0.5, 0.6) is 0 Å².